The number of primary amides is 1. The van der Waals surface area contributed by atoms with Gasteiger partial charge in [0.2, 0.25) is 11.9 Å². The Morgan fingerprint density at radius 2 is 1.79 bits per heavy atom. The number of carbonyl (C=O) groups excluding carboxylic acids is 1. The van der Waals surface area contributed by atoms with Gasteiger partial charge in [-0.15, -0.1) is 0 Å². The summed E-state index contributed by atoms with van der Waals surface area (Å²) in [6.07, 6.45) is 5.51. The van der Waals surface area contributed by atoms with Crippen molar-refractivity contribution in [2.75, 3.05) is 23.3 Å². The molecule has 0 aliphatic carbocycles. The van der Waals surface area contributed by atoms with Crippen molar-refractivity contribution in [2.45, 2.75) is 25.9 Å². The first-order valence-corrected chi connectivity index (χ1v) is 10.9. The third-order valence-corrected chi connectivity index (χ3v) is 5.74. The van der Waals surface area contributed by atoms with Gasteiger partial charge in [0.1, 0.15) is 11.5 Å². The lowest BCUT2D eigenvalue weighted by atomic mass is 10.1. The molecule has 1 saturated heterocycles. The van der Waals surface area contributed by atoms with Gasteiger partial charge in [-0.05, 0) is 56.3 Å². The number of hydrogen-bond acceptors (Lipinski definition) is 7. The molecule has 0 unspecified atom stereocenters. The van der Waals surface area contributed by atoms with E-state index in [1.165, 1.54) is 0 Å². The molecule has 9 nitrogen and oxygen atoms in total. The van der Waals surface area contributed by atoms with E-state index in [1.54, 1.807) is 18.3 Å². The molecule has 1 aromatic carbocycles. The minimum Gasteiger partial charge on any atom is -0.366 e. The van der Waals surface area contributed by atoms with Crippen LogP contribution in [0.1, 0.15) is 24.2 Å². The maximum absolute atomic E-state index is 11.3. The number of hydrogen-bond donors (Lipinski definition) is 3. The molecule has 1 aliphatic rings. The minimum absolute atomic E-state index is 0.428. The van der Waals surface area contributed by atoms with Gasteiger partial charge in [-0.1, -0.05) is 0 Å². The standard InChI is InChI=1S/C24H26N8O/c1-15-13-31(14-16(2)28-15)21-8-5-19(12-26-21)29-24-27-11-18-9-10-32(23(18)30-24)20-6-3-17(4-7-20)22(25)33/h3-12,15-16,28H,13-14H2,1-2H3,(H2,25,33)(H,27,29,30)/t15-,16+. The van der Waals surface area contributed by atoms with Gasteiger partial charge in [-0.3, -0.25) is 4.79 Å². The average Bonchev–Trinajstić information content (AvgIpc) is 3.22. The molecular formula is C24H26N8O. The van der Waals surface area contributed by atoms with Crippen LogP contribution in [0.15, 0.2) is 61.1 Å². The number of pyridine rings is 1. The quantitative estimate of drug-likeness (QED) is 0.435. The number of nitrogens with zero attached hydrogens (tertiary/aromatic N) is 5. The van der Waals surface area contributed by atoms with E-state index < -0.39 is 5.91 Å². The van der Waals surface area contributed by atoms with Gasteiger partial charge < -0.3 is 25.8 Å². The van der Waals surface area contributed by atoms with Crippen LogP contribution in [-0.2, 0) is 0 Å². The fraction of sp³-hybridized carbons (Fsp3) is 0.250. The molecule has 3 aromatic heterocycles. The Morgan fingerprint density at radius 3 is 2.45 bits per heavy atom. The number of fused-ring (bicyclic) bond motifs is 1. The molecule has 168 valence electrons. The molecule has 0 bridgehead atoms. The van der Waals surface area contributed by atoms with E-state index in [2.05, 4.69) is 39.3 Å². The molecule has 4 heterocycles. The lowest BCUT2D eigenvalue weighted by molar-refractivity contribution is 0.100. The summed E-state index contributed by atoms with van der Waals surface area (Å²) in [4.78, 5) is 27.4. The van der Waals surface area contributed by atoms with Crippen LogP contribution >= 0.6 is 0 Å². The van der Waals surface area contributed by atoms with E-state index in [4.69, 9.17) is 10.7 Å². The van der Waals surface area contributed by atoms with E-state index in [-0.39, 0.29) is 0 Å². The first kappa shape index (κ1) is 20.9. The number of anilines is 3. The second kappa shape index (κ2) is 8.51. The normalized spacial score (nSPS) is 18.4. The predicted octanol–water partition coefficient (Wildman–Crippen LogP) is 2.84. The number of nitrogens with two attached hydrogens (primary N) is 1. The van der Waals surface area contributed by atoms with Crippen LogP contribution < -0.4 is 21.3 Å². The zero-order valence-electron chi connectivity index (χ0n) is 18.6. The summed E-state index contributed by atoms with van der Waals surface area (Å²) in [6, 6.07) is 13.9. The monoisotopic (exact) mass is 442 g/mol. The van der Waals surface area contributed by atoms with Gasteiger partial charge in [0.15, 0.2) is 0 Å². The number of piperazine rings is 1. The first-order valence-electron chi connectivity index (χ1n) is 10.9. The van der Waals surface area contributed by atoms with E-state index in [0.29, 0.717) is 23.6 Å². The van der Waals surface area contributed by atoms with E-state index in [9.17, 15) is 4.79 Å². The second-order valence-corrected chi connectivity index (χ2v) is 8.47. The highest BCUT2D eigenvalue weighted by molar-refractivity contribution is 5.93. The highest BCUT2D eigenvalue weighted by Crippen LogP contribution is 2.22. The Morgan fingerprint density at radius 1 is 1.03 bits per heavy atom. The molecule has 9 heteroatoms. The Labute approximate surface area is 191 Å². The van der Waals surface area contributed by atoms with Crippen molar-refractivity contribution in [2.24, 2.45) is 5.73 Å². The van der Waals surface area contributed by atoms with Crippen molar-refractivity contribution >= 4 is 34.4 Å². The Balaban J connectivity index is 1.36. The van der Waals surface area contributed by atoms with Gasteiger partial charge >= 0.3 is 0 Å². The van der Waals surface area contributed by atoms with Gasteiger partial charge in [0, 0.05) is 54.2 Å². The molecule has 5 rings (SSSR count). The largest absolute Gasteiger partial charge is 0.366 e. The van der Waals surface area contributed by atoms with Gasteiger partial charge in [-0.2, -0.15) is 4.98 Å². The highest BCUT2D eigenvalue weighted by atomic mass is 16.1. The highest BCUT2D eigenvalue weighted by Gasteiger charge is 2.21. The Hall–Kier alpha value is -3.98. The van der Waals surface area contributed by atoms with Gasteiger partial charge in [0.25, 0.3) is 0 Å². The lowest BCUT2D eigenvalue weighted by Crippen LogP contribution is -2.54. The zero-order chi connectivity index (χ0) is 22.9. The summed E-state index contributed by atoms with van der Waals surface area (Å²) in [6.45, 7) is 6.24. The predicted molar refractivity (Wildman–Crippen MR) is 129 cm³/mol. The number of benzene rings is 1. The van der Waals surface area contributed by atoms with E-state index >= 15 is 0 Å². The molecule has 4 aromatic rings. The third kappa shape index (κ3) is 4.35. The second-order valence-electron chi connectivity index (χ2n) is 8.47. The summed E-state index contributed by atoms with van der Waals surface area (Å²) in [5.41, 5.74) is 8.27. The van der Waals surface area contributed by atoms with Crippen LogP contribution in [0.2, 0.25) is 0 Å². The fourth-order valence-corrected chi connectivity index (χ4v) is 4.26. The van der Waals surface area contributed by atoms with Crippen molar-refractivity contribution in [3.05, 3.63) is 66.6 Å². The molecule has 33 heavy (non-hydrogen) atoms. The third-order valence-electron chi connectivity index (χ3n) is 5.74. The molecule has 0 saturated carbocycles. The number of rotatable bonds is 5. The van der Waals surface area contributed by atoms with Crippen LogP contribution in [-0.4, -0.2) is 50.6 Å². The molecule has 1 fully saturated rings. The zero-order valence-corrected chi connectivity index (χ0v) is 18.6. The van der Waals surface area contributed by atoms with Crippen LogP contribution in [0.25, 0.3) is 16.7 Å². The van der Waals surface area contributed by atoms with Gasteiger partial charge in [-0.25, -0.2) is 9.97 Å². The SMILES string of the molecule is C[C@@H]1CN(c2ccc(Nc3ncc4ccn(-c5ccc(C(N)=O)cc5)c4n3)cn2)C[C@H](C)N1. The van der Waals surface area contributed by atoms with E-state index in [1.807, 2.05) is 47.3 Å². The Kier molecular flexibility index (Phi) is 5.39. The van der Waals surface area contributed by atoms with Gasteiger partial charge in [0.05, 0.1) is 11.9 Å². The number of carbonyl (C=O) groups is 1. The van der Waals surface area contributed by atoms with Crippen molar-refractivity contribution < 1.29 is 4.79 Å². The first-order chi connectivity index (χ1) is 16.0. The smallest absolute Gasteiger partial charge is 0.248 e. The van der Waals surface area contributed by atoms with Crippen molar-refractivity contribution in [3.8, 4) is 5.69 Å². The maximum atomic E-state index is 11.3. The summed E-state index contributed by atoms with van der Waals surface area (Å²) in [5, 5.41) is 7.70. The van der Waals surface area contributed by atoms with Crippen LogP contribution in [0, 0.1) is 0 Å². The molecule has 2 atom stereocenters. The molecule has 0 spiro atoms. The summed E-state index contributed by atoms with van der Waals surface area (Å²) in [7, 11) is 0. The number of amides is 1. The summed E-state index contributed by atoms with van der Waals surface area (Å²) >= 11 is 0. The minimum atomic E-state index is -0.451. The summed E-state index contributed by atoms with van der Waals surface area (Å²) in [5.74, 6) is 0.994. The van der Waals surface area contributed by atoms with Crippen LogP contribution in [0.4, 0.5) is 17.5 Å². The Bertz CT molecular complexity index is 1270. The number of nitrogens with one attached hydrogen (secondary N) is 2. The van der Waals surface area contributed by atoms with Crippen molar-refractivity contribution in [1.82, 2.24) is 24.8 Å². The number of aromatic nitrogens is 4. The fourth-order valence-electron chi connectivity index (χ4n) is 4.26. The van der Waals surface area contributed by atoms with Crippen LogP contribution in [0.3, 0.4) is 0 Å². The maximum Gasteiger partial charge on any atom is 0.248 e. The van der Waals surface area contributed by atoms with Crippen LogP contribution in [0.5, 0.6) is 0 Å². The molecule has 1 amide bonds. The molecule has 4 N–H and O–H groups in total. The van der Waals surface area contributed by atoms with Crippen molar-refractivity contribution in [1.29, 1.82) is 0 Å². The average molecular weight is 443 g/mol. The lowest BCUT2D eigenvalue weighted by Gasteiger charge is -2.36. The van der Waals surface area contributed by atoms with E-state index in [0.717, 1.165) is 41.3 Å². The topological polar surface area (TPSA) is 114 Å². The molecule has 1 aliphatic heterocycles. The molecule has 0 radical (unpaired) electrons. The molecular weight excluding hydrogens is 416 g/mol. The van der Waals surface area contributed by atoms with Crippen molar-refractivity contribution in [3.63, 3.8) is 0 Å². The summed E-state index contributed by atoms with van der Waals surface area (Å²) < 4.78 is 1.95.